The highest BCUT2D eigenvalue weighted by Crippen LogP contribution is 2.35. The van der Waals surface area contributed by atoms with Crippen LogP contribution in [0.4, 0.5) is 0 Å². The van der Waals surface area contributed by atoms with Crippen molar-refractivity contribution in [2.75, 3.05) is 6.54 Å². The number of hydrogen-bond donors (Lipinski definition) is 1. The highest BCUT2D eigenvalue weighted by molar-refractivity contribution is 7.17. The van der Waals surface area contributed by atoms with Gasteiger partial charge in [-0.3, -0.25) is 4.79 Å². The SMILES string of the molecule is Cc1ccc(-c2nc(C)c(C(=O)N3CCC[C@@H]3c3ccc[nH]3)s2)o1. The maximum Gasteiger partial charge on any atom is 0.266 e. The molecule has 5 nitrogen and oxygen atoms in total. The third-order valence-corrected chi connectivity index (χ3v) is 5.60. The van der Waals surface area contributed by atoms with E-state index in [9.17, 15) is 4.79 Å². The Balaban J connectivity index is 1.64. The molecule has 1 N–H and O–H groups in total. The lowest BCUT2D eigenvalue weighted by atomic mass is 10.1. The van der Waals surface area contributed by atoms with Gasteiger partial charge in [-0.25, -0.2) is 4.98 Å². The van der Waals surface area contributed by atoms with Crippen LogP contribution in [-0.4, -0.2) is 27.3 Å². The Bertz CT molecular complexity index is 863. The summed E-state index contributed by atoms with van der Waals surface area (Å²) < 4.78 is 5.64. The summed E-state index contributed by atoms with van der Waals surface area (Å²) in [7, 11) is 0. The molecule has 0 radical (unpaired) electrons. The number of aromatic amines is 1. The maximum absolute atomic E-state index is 13.1. The van der Waals surface area contributed by atoms with Gasteiger partial charge in [0.1, 0.15) is 10.6 Å². The van der Waals surface area contributed by atoms with Crippen molar-refractivity contribution in [3.8, 4) is 10.8 Å². The first kappa shape index (κ1) is 15.2. The second-order valence-electron chi connectivity index (χ2n) is 6.13. The minimum atomic E-state index is 0.0663. The molecule has 1 saturated heterocycles. The summed E-state index contributed by atoms with van der Waals surface area (Å²) in [5, 5.41) is 0.763. The Hall–Kier alpha value is -2.34. The molecule has 0 unspecified atom stereocenters. The number of likely N-dealkylation sites (tertiary alicyclic amines) is 1. The van der Waals surface area contributed by atoms with Gasteiger partial charge in [0.05, 0.1) is 11.7 Å². The van der Waals surface area contributed by atoms with Crippen LogP contribution in [0.5, 0.6) is 0 Å². The number of H-pyrrole nitrogens is 1. The fourth-order valence-corrected chi connectivity index (χ4v) is 4.25. The van der Waals surface area contributed by atoms with Crippen molar-refractivity contribution in [2.24, 2.45) is 0 Å². The van der Waals surface area contributed by atoms with E-state index in [4.69, 9.17) is 4.42 Å². The fourth-order valence-electron chi connectivity index (χ4n) is 3.26. The van der Waals surface area contributed by atoms with Gasteiger partial charge in [-0.15, -0.1) is 11.3 Å². The first-order valence-corrected chi connectivity index (χ1v) is 8.93. The van der Waals surface area contributed by atoms with E-state index >= 15 is 0 Å². The second kappa shape index (κ2) is 5.94. The van der Waals surface area contributed by atoms with Gasteiger partial charge in [0.25, 0.3) is 5.91 Å². The number of aryl methyl sites for hydroxylation is 2. The quantitative estimate of drug-likeness (QED) is 0.771. The molecular formula is C18H19N3O2S. The lowest BCUT2D eigenvalue weighted by molar-refractivity contribution is 0.0737. The van der Waals surface area contributed by atoms with Crippen LogP contribution in [0.1, 0.15) is 45.7 Å². The van der Waals surface area contributed by atoms with Crippen LogP contribution in [0.2, 0.25) is 0 Å². The van der Waals surface area contributed by atoms with E-state index in [-0.39, 0.29) is 11.9 Å². The van der Waals surface area contributed by atoms with Crippen LogP contribution in [0.3, 0.4) is 0 Å². The monoisotopic (exact) mass is 341 g/mol. The van der Waals surface area contributed by atoms with Crippen molar-refractivity contribution in [1.29, 1.82) is 0 Å². The Labute approximate surface area is 144 Å². The van der Waals surface area contributed by atoms with E-state index in [0.29, 0.717) is 4.88 Å². The van der Waals surface area contributed by atoms with Gasteiger partial charge in [0.15, 0.2) is 10.8 Å². The molecule has 0 bridgehead atoms. The number of nitrogens with zero attached hydrogens (tertiary/aromatic N) is 2. The molecule has 1 aliphatic rings. The Morgan fingerprint density at radius 3 is 2.96 bits per heavy atom. The molecule has 4 rings (SSSR count). The van der Waals surface area contributed by atoms with Crippen molar-refractivity contribution in [3.63, 3.8) is 0 Å². The number of carbonyl (C=O) groups is 1. The van der Waals surface area contributed by atoms with Crippen LogP contribution in [0.15, 0.2) is 34.9 Å². The van der Waals surface area contributed by atoms with Crippen LogP contribution in [0, 0.1) is 13.8 Å². The fraction of sp³-hybridized carbons (Fsp3) is 0.333. The molecule has 3 aromatic rings. The number of thiazole rings is 1. The van der Waals surface area contributed by atoms with E-state index in [0.717, 1.165) is 47.3 Å². The zero-order chi connectivity index (χ0) is 16.7. The molecule has 0 aromatic carbocycles. The third-order valence-electron chi connectivity index (χ3n) is 4.44. The van der Waals surface area contributed by atoms with Gasteiger partial charge in [-0.1, -0.05) is 0 Å². The predicted octanol–water partition coefficient (Wildman–Crippen LogP) is 4.33. The minimum absolute atomic E-state index is 0.0663. The lowest BCUT2D eigenvalue weighted by Crippen LogP contribution is -2.30. The standard InChI is InChI=1S/C18H19N3O2S/c1-11-7-8-15(23-11)17-20-12(2)16(24-17)18(22)21-10-4-6-14(21)13-5-3-9-19-13/h3,5,7-9,14,19H,4,6,10H2,1-2H3/t14-/m1/s1. The van der Waals surface area contributed by atoms with E-state index in [1.807, 2.05) is 49.2 Å². The van der Waals surface area contributed by atoms with Crippen molar-refractivity contribution in [3.05, 3.63) is 52.5 Å². The van der Waals surface area contributed by atoms with Gasteiger partial charge < -0.3 is 14.3 Å². The van der Waals surface area contributed by atoms with E-state index in [2.05, 4.69) is 9.97 Å². The summed E-state index contributed by atoms with van der Waals surface area (Å²) in [5.74, 6) is 1.63. The zero-order valence-corrected chi connectivity index (χ0v) is 14.5. The summed E-state index contributed by atoms with van der Waals surface area (Å²) in [4.78, 5) is 23.5. The topological polar surface area (TPSA) is 62.1 Å². The van der Waals surface area contributed by atoms with E-state index < -0.39 is 0 Å². The molecule has 6 heteroatoms. The number of amides is 1. The molecule has 0 saturated carbocycles. The van der Waals surface area contributed by atoms with Crippen molar-refractivity contribution >= 4 is 17.2 Å². The summed E-state index contributed by atoms with van der Waals surface area (Å²) in [6, 6.07) is 7.97. The largest absolute Gasteiger partial charge is 0.459 e. The van der Waals surface area contributed by atoms with Gasteiger partial charge in [0.2, 0.25) is 0 Å². The second-order valence-corrected chi connectivity index (χ2v) is 7.12. The van der Waals surface area contributed by atoms with Crippen molar-refractivity contribution in [1.82, 2.24) is 14.9 Å². The molecule has 4 heterocycles. The molecule has 0 aliphatic carbocycles. The van der Waals surface area contributed by atoms with Crippen molar-refractivity contribution in [2.45, 2.75) is 32.7 Å². The van der Waals surface area contributed by atoms with Crippen LogP contribution in [0.25, 0.3) is 10.8 Å². The van der Waals surface area contributed by atoms with Crippen LogP contribution < -0.4 is 0 Å². The summed E-state index contributed by atoms with van der Waals surface area (Å²) in [6.07, 6.45) is 3.93. The van der Waals surface area contributed by atoms with Gasteiger partial charge in [-0.2, -0.15) is 0 Å². The van der Waals surface area contributed by atoms with E-state index in [1.54, 1.807) is 0 Å². The average Bonchev–Trinajstić information content (AvgIpc) is 3.33. The van der Waals surface area contributed by atoms with Gasteiger partial charge in [0, 0.05) is 18.4 Å². The minimum Gasteiger partial charge on any atom is -0.459 e. The molecule has 1 atom stereocenters. The maximum atomic E-state index is 13.1. The number of carbonyl (C=O) groups excluding carboxylic acids is 1. The Morgan fingerprint density at radius 1 is 1.38 bits per heavy atom. The van der Waals surface area contributed by atoms with Gasteiger partial charge in [-0.05, 0) is 51.0 Å². The van der Waals surface area contributed by atoms with Crippen LogP contribution >= 0.6 is 11.3 Å². The Morgan fingerprint density at radius 2 is 2.25 bits per heavy atom. The first-order chi connectivity index (χ1) is 11.6. The lowest BCUT2D eigenvalue weighted by Gasteiger charge is -2.23. The van der Waals surface area contributed by atoms with E-state index in [1.165, 1.54) is 11.3 Å². The third kappa shape index (κ3) is 2.57. The smallest absolute Gasteiger partial charge is 0.266 e. The van der Waals surface area contributed by atoms with Crippen LogP contribution in [-0.2, 0) is 0 Å². The normalized spacial score (nSPS) is 17.6. The molecule has 1 fully saturated rings. The number of hydrogen-bond acceptors (Lipinski definition) is 4. The van der Waals surface area contributed by atoms with Gasteiger partial charge >= 0.3 is 0 Å². The number of rotatable bonds is 3. The number of aromatic nitrogens is 2. The molecule has 124 valence electrons. The predicted molar refractivity (Wildman–Crippen MR) is 93.1 cm³/mol. The van der Waals surface area contributed by atoms with Crippen molar-refractivity contribution < 1.29 is 9.21 Å². The zero-order valence-electron chi connectivity index (χ0n) is 13.7. The molecular weight excluding hydrogens is 322 g/mol. The number of furan rings is 1. The highest BCUT2D eigenvalue weighted by atomic mass is 32.1. The highest BCUT2D eigenvalue weighted by Gasteiger charge is 2.33. The molecule has 0 spiro atoms. The summed E-state index contributed by atoms with van der Waals surface area (Å²) in [5.41, 5.74) is 1.87. The summed E-state index contributed by atoms with van der Waals surface area (Å²) in [6.45, 7) is 4.58. The summed E-state index contributed by atoms with van der Waals surface area (Å²) >= 11 is 1.41. The molecule has 24 heavy (non-hydrogen) atoms. The molecule has 3 aromatic heterocycles. The number of nitrogens with one attached hydrogen (secondary N) is 1. The Kier molecular flexibility index (Phi) is 3.76. The average molecular weight is 341 g/mol. The first-order valence-electron chi connectivity index (χ1n) is 8.12. The molecule has 1 amide bonds. The molecule has 1 aliphatic heterocycles.